The molecule has 3 heterocycles. The van der Waals surface area contributed by atoms with Gasteiger partial charge in [0.05, 0.1) is 7.11 Å². The summed E-state index contributed by atoms with van der Waals surface area (Å²) in [4.78, 5) is 27.6. The van der Waals surface area contributed by atoms with Gasteiger partial charge < -0.3 is 19.4 Å². The topological polar surface area (TPSA) is 71.8 Å². The highest BCUT2D eigenvalue weighted by molar-refractivity contribution is 5.94. The lowest BCUT2D eigenvalue weighted by Gasteiger charge is -2.44. The van der Waals surface area contributed by atoms with Crippen LogP contribution in [0.15, 0.2) is 57.7 Å². The van der Waals surface area contributed by atoms with Gasteiger partial charge in [-0.15, -0.1) is 0 Å². The highest BCUT2D eigenvalue weighted by Crippen LogP contribution is 2.33. The van der Waals surface area contributed by atoms with E-state index < -0.39 is 5.63 Å². The van der Waals surface area contributed by atoms with Gasteiger partial charge in [0.25, 0.3) is 0 Å². The Morgan fingerprint density at radius 3 is 2.74 bits per heavy atom. The van der Waals surface area contributed by atoms with Gasteiger partial charge in [0, 0.05) is 36.5 Å². The van der Waals surface area contributed by atoms with Crippen LogP contribution >= 0.6 is 0 Å². The number of carbonyl (C=O) groups excluding carboxylic acids is 1. The van der Waals surface area contributed by atoms with Crippen LogP contribution in [0.1, 0.15) is 44.1 Å². The smallest absolute Gasteiger partial charge is 0.336 e. The summed E-state index contributed by atoms with van der Waals surface area (Å²) in [6, 6.07) is 15.7. The van der Waals surface area contributed by atoms with Crippen LogP contribution in [0.2, 0.25) is 0 Å². The number of ether oxygens (including phenoxy) is 1. The summed E-state index contributed by atoms with van der Waals surface area (Å²) in [6.45, 7) is 3.18. The molecule has 2 atom stereocenters. The summed E-state index contributed by atoms with van der Waals surface area (Å²) in [5, 5.41) is 4.05. The van der Waals surface area contributed by atoms with Crippen molar-refractivity contribution in [1.29, 1.82) is 0 Å². The van der Waals surface area contributed by atoms with Crippen molar-refractivity contribution in [3.63, 3.8) is 0 Å². The summed E-state index contributed by atoms with van der Waals surface area (Å²) >= 11 is 0. The van der Waals surface area contributed by atoms with Crippen molar-refractivity contribution in [1.82, 2.24) is 10.2 Å². The molecule has 1 amide bonds. The van der Waals surface area contributed by atoms with E-state index in [9.17, 15) is 9.59 Å². The number of methoxy groups -OCH3 is 1. The Morgan fingerprint density at radius 1 is 1.09 bits per heavy atom. The molecule has 0 spiro atoms. The quantitative estimate of drug-likeness (QED) is 0.499. The molecule has 2 aromatic carbocycles. The summed E-state index contributed by atoms with van der Waals surface area (Å²) in [6.07, 6.45) is 7.24. The third-order valence-corrected chi connectivity index (χ3v) is 7.64. The summed E-state index contributed by atoms with van der Waals surface area (Å²) in [5.74, 6) is 1.26. The predicted octanol–water partition coefficient (Wildman–Crippen LogP) is 4.78. The number of nitrogens with one attached hydrogen (secondary N) is 1. The zero-order chi connectivity index (χ0) is 24.2. The average molecular weight is 475 g/mol. The Morgan fingerprint density at radius 2 is 1.91 bits per heavy atom. The Labute approximate surface area is 206 Å². The summed E-state index contributed by atoms with van der Waals surface area (Å²) in [5.41, 5.74) is 2.78. The van der Waals surface area contributed by atoms with E-state index in [0.717, 1.165) is 28.6 Å². The van der Waals surface area contributed by atoms with Gasteiger partial charge in [0.1, 0.15) is 11.3 Å². The SMILES string of the molecule is COc1cc2oc(=O)cc(-c3ccccc3)c2cc1CCC(=O)NCC1CCCN2CCCCC12. The molecular weight excluding hydrogens is 440 g/mol. The molecule has 5 rings (SSSR count). The number of fused-ring (bicyclic) bond motifs is 2. The largest absolute Gasteiger partial charge is 0.496 e. The van der Waals surface area contributed by atoms with Crippen LogP contribution in [-0.4, -0.2) is 43.6 Å². The second-order valence-corrected chi connectivity index (χ2v) is 9.81. The summed E-state index contributed by atoms with van der Waals surface area (Å²) < 4.78 is 11.1. The fraction of sp³-hybridized carbons (Fsp3) is 0.448. The molecule has 2 aliphatic rings. The van der Waals surface area contributed by atoms with E-state index in [1.54, 1.807) is 13.2 Å². The lowest BCUT2D eigenvalue weighted by atomic mass is 9.83. The minimum absolute atomic E-state index is 0.0722. The molecule has 6 heteroatoms. The fourth-order valence-electron chi connectivity index (χ4n) is 5.87. The number of nitrogens with zero attached hydrogens (tertiary/aromatic N) is 1. The molecule has 6 nitrogen and oxygen atoms in total. The molecule has 2 aliphatic heterocycles. The molecular formula is C29H34N2O4. The maximum Gasteiger partial charge on any atom is 0.336 e. The molecule has 0 bridgehead atoms. The number of hydrogen-bond acceptors (Lipinski definition) is 5. The van der Waals surface area contributed by atoms with Gasteiger partial charge in [-0.1, -0.05) is 36.8 Å². The molecule has 1 N–H and O–H groups in total. The summed E-state index contributed by atoms with van der Waals surface area (Å²) in [7, 11) is 1.60. The van der Waals surface area contributed by atoms with Gasteiger partial charge >= 0.3 is 5.63 Å². The highest BCUT2D eigenvalue weighted by Gasteiger charge is 2.32. The molecule has 3 aromatic rings. The Kier molecular flexibility index (Phi) is 7.19. The van der Waals surface area contributed by atoms with Crippen LogP contribution in [0.4, 0.5) is 0 Å². The standard InChI is InChI=1S/C29H34N2O4/c1-34-26-18-27-24(23(17-29(33)35-27)20-8-3-2-4-9-20)16-21(26)12-13-28(32)30-19-22-10-7-15-31-14-6-5-11-25(22)31/h2-4,8-9,16-18,22,25H,5-7,10-15,19H2,1H3,(H,30,32). The molecule has 184 valence electrons. The monoisotopic (exact) mass is 474 g/mol. The third-order valence-electron chi connectivity index (χ3n) is 7.64. The number of hydrogen-bond donors (Lipinski definition) is 1. The molecule has 0 radical (unpaired) electrons. The van der Waals surface area contributed by atoms with E-state index >= 15 is 0 Å². The van der Waals surface area contributed by atoms with E-state index in [1.165, 1.54) is 51.3 Å². The zero-order valence-corrected chi connectivity index (χ0v) is 20.4. The van der Waals surface area contributed by atoms with Crippen molar-refractivity contribution in [3.8, 4) is 16.9 Å². The molecule has 1 aromatic heterocycles. The Hall–Kier alpha value is -3.12. The molecule has 2 saturated heterocycles. The van der Waals surface area contributed by atoms with E-state index in [2.05, 4.69) is 10.2 Å². The lowest BCUT2D eigenvalue weighted by Crippen LogP contribution is -2.51. The maximum absolute atomic E-state index is 12.8. The van der Waals surface area contributed by atoms with Gasteiger partial charge in [-0.05, 0) is 73.9 Å². The minimum atomic E-state index is -0.398. The normalized spacial score (nSPS) is 20.4. The predicted molar refractivity (Wildman–Crippen MR) is 138 cm³/mol. The van der Waals surface area contributed by atoms with Gasteiger partial charge in [0.15, 0.2) is 0 Å². The van der Waals surface area contributed by atoms with Gasteiger partial charge in [-0.2, -0.15) is 0 Å². The fourth-order valence-corrected chi connectivity index (χ4v) is 5.87. The lowest BCUT2D eigenvalue weighted by molar-refractivity contribution is -0.121. The molecule has 35 heavy (non-hydrogen) atoms. The average Bonchev–Trinajstić information content (AvgIpc) is 2.90. The van der Waals surface area contributed by atoms with Crippen LogP contribution in [0.25, 0.3) is 22.1 Å². The van der Waals surface area contributed by atoms with Crippen LogP contribution in [0.5, 0.6) is 5.75 Å². The molecule has 2 fully saturated rings. The highest BCUT2D eigenvalue weighted by atomic mass is 16.5. The van der Waals surface area contributed by atoms with Crippen LogP contribution in [0.3, 0.4) is 0 Å². The van der Waals surface area contributed by atoms with Crippen molar-refractivity contribution >= 4 is 16.9 Å². The number of rotatable bonds is 7. The van der Waals surface area contributed by atoms with Crippen molar-refractivity contribution in [2.45, 2.75) is 51.0 Å². The van der Waals surface area contributed by atoms with E-state index in [-0.39, 0.29) is 5.91 Å². The zero-order valence-electron chi connectivity index (χ0n) is 20.4. The number of aryl methyl sites for hydroxylation is 1. The number of amides is 1. The van der Waals surface area contributed by atoms with Crippen LogP contribution < -0.4 is 15.7 Å². The Balaban J connectivity index is 1.30. The van der Waals surface area contributed by atoms with Gasteiger partial charge in [-0.25, -0.2) is 4.79 Å². The van der Waals surface area contributed by atoms with Crippen LogP contribution in [-0.2, 0) is 11.2 Å². The van der Waals surface area contributed by atoms with Crippen molar-refractivity contribution in [3.05, 3.63) is 64.5 Å². The molecule has 2 unspecified atom stereocenters. The van der Waals surface area contributed by atoms with Crippen molar-refractivity contribution in [2.24, 2.45) is 5.92 Å². The first-order valence-corrected chi connectivity index (χ1v) is 12.8. The first-order chi connectivity index (χ1) is 17.1. The van der Waals surface area contributed by atoms with E-state index in [1.807, 2.05) is 36.4 Å². The van der Waals surface area contributed by atoms with E-state index in [0.29, 0.717) is 36.1 Å². The first-order valence-electron chi connectivity index (χ1n) is 12.8. The number of carbonyl (C=O) groups is 1. The van der Waals surface area contributed by atoms with Crippen LogP contribution in [0, 0.1) is 5.92 Å². The second-order valence-electron chi connectivity index (χ2n) is 9.81. The van der Waals surface area contributed by atoms with Gasteiger partial charge in [0.2, 0.25) is 5.91 Å². The minimum Gasteiger partial charge on any atom is -0.496 e. The van der Waals surface area contributed by atoms with Gasteiger partial charge in [-0.3, -0.25) is 4.79 Å². The van der Waals surface area contributed by atoms with Crippen molar-refractivity contribution < 1.29 is 13.9 Å². The van der Waals surface area contributed by atoms with Crippen molar-refractivity contribution in [2.75, 3.05) is 26.7 Å². The molecule has 0 saturated carbocycles. The third kappa shape index (κ3) is 5.27. The maximum atomic E-state index is 12.8. The number of benzene rings is 2. The Bertz CT molecular complexity index is 1230. The van der Waals surface area contributed by atoms with E-state index in [4.69, 9.17) is 9.15 Å². The number of piperidine rings is 2. The second kappa shape index (κ2) is 10.6. The molecule has 0 aliphatic carbocycles. The first kappa shape index (κ1) is 23.6.